The van der Waals surface area contributed by atoms with Crippen molar-refractivity contribution in [2.75, 3.05) is 11.9 Å². The van der Waals surface area contributed by atoms with Crippen LogP contribution in [0.2, 0.25) is 0 Å². The average molecular weight is 658 g/mol. The Morgan fingerprint density at radius 2 is 1.78 bits per heavy atom. The summed E-state index contributed by atoms with van der Waals surface area (Å²) in [7, 11) is 0. The number of ether oxygens (including phenoxy) is 4. The van der Waals surface area contributed by atoms with E-state index in [9.17, 15) is 14.4 Å². The highest BCUT2D eigenvalue weighted by molar-refractivity contribution is 7.97. The van der Waals surface area contributed by atoms with Gasteiger partial charge in [-0.1, -0.05) is 30.7 Å². The first kappa shape index (κ1) is 37.5. The number of hydrogen-bond donors (Lipinski definition) is 3. The van der Waals surface area contributed by atoms with Gasteiger partial charge >= 0.3 is 5.97 Å². The van der Waals surface area contributed by atoms with Crippen LogP contribution in [-0.4, -0.2) is 66.6 Å². The molecule has 3 heterocycles. The van der Waals surface area contributed by atoms with Gasteiger partial charge in [0.25, 0.3) is 0 Å². The third-order valence-electron chi connectivity index (χ3n) is 8.16. The molecule has 3 aliphatic heterocycles. The lowest BCUT2D eigenvalue weighted by Crippen LogP contribution is -2.50. The van der Waals surface area contributed by atoms with Crippen LogP contribution in [0.5, 0.6) is 0 Å². The van der Waals surface area contributed by atoms with Gasteiger partial charge in [0.1, 0.15) is 6.10 Å². The van der Waals surface area contributed by atoms with E-state index in [4.69, 9.17) is 24.1 Å². The molecule has 2 amide bonds. The molecule has 4 N–H and O–H groups in total. The molecule has 3 aliphatic rings. The second-order valence-corrected chi connectivity index (χ2v) is 13.3. The second kappa shape index (κ2) is 17.8. The Hall–Kier alpha value is -2.96. The van der Waals surface area contributed by atoms with E-state index in [0.717, 1.165) is 42.9 Å². The maximum Gasteiger partial charge on any atom is 0.303 e. The fourth-order valence-electron chi connectivity index (χ4n) is 5.74. The van der Waals surface area contributed by atoms with Gasteiger partial charge in [-0.25, -0.2) is 0 Å². The van der Waals surface area contributed by atoms with E-state index in [2.05, 4.69) is 49.6 Å². The molecular formula is C35H51N3O7S. The van der Waals surface area contributed by atoms with Crippen molar-refractivity contribution in [1.82, 2.24) is 5.32 Å². The zero-order chi connectivity index (χ0) is 33.9. The van der Waals surface area contributed by atoms with E-state index in [1.54, 1.807) is 13.0 Å². The Morgan fingerprint density at radius 3 is 2.39 bits per heavy atom. The molecule has 254 valence electrons. The summed E-state index contributed by atoms with van der Waals surface area (Å²) < 4.78 is 23.0. The normalized spacial score (nSPS) is 30.0. The number of hydrogen-bond acceptors (Lipinski definition) is 9. The van der Waals surface area contributed by atoms with Crippen LogP contribution >= 0.6 is 11.9 Å². The molecule has 1 aromatic rings. The van der Waals surface area contributed by atoms with Crippen molar-refractivity contribution >= 4 is 35.4 Å². The summed E-state index contributed by atoms with van der Waals surface area (Å²) in [5.74, 6) is -0.329. The quantitative estimate of drug-likeness (QED) is 0.0959. The second-order valence-electron chi connectivity index (χ2n) is 12.6. The van der Waals surface area contributed by atoms with Crippen LogP contribution in [0.3, 0.4) is 0 Å². The summed E-state index contributed by atoms with van der Waals surface area (Å²) in [5, 5.41) is 11.0. The number of rotatable bonds is 10. The molecule has 0 aromatic heterocycles. The fraction of sp³-hybridized carbons (Fsp3) is 0.571. The van der Waals surface area contributed by atoms with Gasteiger partial charge in [-0.2, -0.15) is 0 Å². The summed E-state index contributed by atoms with van der Waals surface area (Å²) in [5.41, 5.74) is 2.05. The number of anilines is 1. The molecule has 11 heteroatoms. The largest absolute Gasteiger partial charge is 0.459 e. The first-order valence-corrected chi connectivity index (χ1v) is 16.9. The molecule has 1 spiro atoms. The lowest BCUT2D eigenvalue weighted by molar-refractivity contribution is -0.143. The number of nitrogens with one attached hydrogen (secondary N) is 2. The molecule has 0 aliphatic carbocycles. The molecule has 0 saturated carbocycles. The van der Waals surface area contributed by atoms with Crippen LogP contribution in [0.25, 0.3) is 0 Å². The zero-order valence-corrected chi connectivity index (χ0v) is 28.9. The molecule has 10 nitrogen and oxygen atoms in total. The number of allylic oxidation sites excluding steroid dienone is 2. The molecule has 7 unspecified atom stereocenters. The van der Waals surface area contributed by atoms with E-state index >= 15 is 0 Å². The maximum atomic E-state index is 12.3. The fourth-order valence-corrected chi connectivity index (χ4v) is 6.03. The van der Waals surface area contributed by atoms with Crippen molar-refractivity contribution in [3.63, 3.8) is 0 Å². The van der Waals surface area contributed by atoms with Crippen molar-refractivity contribution < 1.29 is 33.3 Å². The van der Waals surface area contributed by atoms with Gasteiger partial charge in [-0.05, 0) is 88.7 Å². The van der Waals surface area contributed by atoms with Crippen molar-refractivity contribution in [2.45, 2.75) is 121 Å². The Labute approximate surface area is 278 Å². The highest BCUT2D eigenvalue weighted by atomic mass is 32.2. The van der Waals surface area contributed by atoms with Gasteiger partial charge in [0.05, 0.1) is 42.7 Å². The van der Waals surface area contributed by atoms with Gasteiger partial charge in [0.15, 0.2) is 0 Å². The highest BCUT2D eigenvalue weighted by Crippen LogP contribution is 2.42. The van der Waals surface area contributed by atoms with Crippen LogP contribution < -0.4 is 15.8 Å². The van der Waals surface area contributed by atoms with E-state index in [-0.39, 0.29) is 53.8 Å². The minimum atomic E-state index is -0.438. The molecule has 1 aromatic carbocycles. The lowest BCUT2D eigenvalue weighted by Gasteiger charge is -2.39. The molecule has 3 fully saturated rings. The monoisotopic (exact) mass is 657 g/mol. The molecule has 46 heavy (non-hydrogen) atoms. The summed E-state index contributed by atoms with van der Waals surface area (Å²) in [6.45, 7) is 13.8. The maximum absolute atomic E-state index is 12.3. The first-order chi connectivity index (χ1) is 21.8. The van der Waals surface area contributed by atoms with Crippen LogP contribution in [0, 0.1) is 5.92 Å². The third kappa shape index (κ3) is 13.0. The number of amides is 2. The molecular weight excluding hydrogens is 606 g/mol. The van der Waals surface area contributed by atoms with Crippen molar-refractivity contribution in [2.24, 2.45) is 11.1 Å². The van der Waals surface area contributed by atoms with E-state index in [0.29, 0.717) is 5.92 Å². The van der Waals surface area contributed by atoms with Crippen LogP contribution in [0.15, 0.2) is 65.1 Å². The standard InChI is InChI=1S/C27H41NO6.C8H10N2OS/c1-17(7-10-23-15-27(16-31-27)14-20(4)33-23)8-11-25-18(2)13-24(21(5)34-25)28-26(30)12-9-19(3)32-22(6)29;1-6(11)10-7-2-4-8(12-9)5-3-7/h7-10,12,18-21,23-25H,11,13-16H2,1-6H3,(H,28,30);2-5H,9H2,1H3,(H,10,11)/b10-7+,12-9-,17-8+;/t18?,19?,20-,21?,23?,24?,25?,27?;/m1./s1. The number of nitrogens with two attached hydrogens (primary N) is 1. The van der Waals surface area contributed by atoms with E-state index in [1.165, 1.54) is 37.4 Å². The summed E-state index contributed by atoms with van der Waals surface area (Å²) in [6.07, 6.45) is 13.1. The number of epoxide rings is 1. The summed E-state index contributed by atoms with van der Waals surface area (Å²) >= 11 is 1.18. The SMILES string of the molecule is CC(=O)Nc1ccc(SN)cc1.CC(=O)OC(C)/C=C\C(=O)NC1CC(C)C(C/C=C(C)/C=C/C2CC3(CO3)C[C@@H](C)O2)OC1C. The van der Waals surface area contributed by atoms with Gasteiger partial charge in [-0.3, -0.25) is 19.5 Å². The minimum absolute atomic E-state index is 0.0557. The molecule has 3 saturated heterocycles. The topological polar surface area (TPSA) is 142 Å². The van der Waals surface area contributed by atoms with Gasteiger partial charge in [0, 0.05) is 43.3 Å². The predicted octanol–water partition coefficient (Wildman–Crippen LogP) is 5.63. The van der Waals surface area contributed by atoms with Crippen LogP contribution in [0.4, 0.5) is 5.69 Å². The Balaban J connectivity index is 0.000000402. The summed E-state index contributed by atoms with van der Waals surface area (Å²) in [6, 6.07) is 7.29. The van der Waals surface area contributed by atoms with Gasteiger partial charge < -0.3 is 29.6 Å². The van der Waals surface area contributed by atoms with Crippen molar-refractivity contribution in [1.29, 1.82) is 0 Å². The third-order valence-corrected chi connectivity index (χ3v) is 8.71. The van der Waals surface area contributed by atoms with Crippen LogP contribution in [-0.2, 0) is 33.3 Å². The Bertz CT molecular complexity index is 1260. The van der Waals surface area contributed by atoms with Crippen molar-refractivity contribution in [3.05, 3.63) is 60.2 Å². The van der Waals surface area contributed by atoms with Gasteiger partial charge in [-0.15, -0.1) is 0 Å². The van der Waals surface area contributed by atoms with E-state index < -0.39 is 6.10 Å². The molecule has 0 bridgehead atoms. The molecule has 4 rings (SSSR count). The van der Waals surface area contributed by atoms with E-state index in [1.807, 2.05) is 31.2 Å². The number of benzene rings is 1. The minimum Gasteiger partial charge on any atom is -0.459 e. The zero-order valence-electron chi connectivity index (χ0n) is 28.1. The summed E-state index contributed by atoms with van der Waals surface area (Å²) in [4.78, 5) is 34.9. The smallest absolute Gasteiger partial charge is 0.303 e. The number of carbonyl (C=O) groups excluding carboxylic acids is 3. The first-order valence-electron chi connectivity index (χ1n) is 16.0. The Kier molecular flexibility index (Phi) is 14.5. The average Bonchev–Trinajstić information content (AvgIpc) is 3.73. The number of esters is 1. The lowest BCUT2D eigenvalue weighted by atomic mass is 9.88. The Morgan fingerprint density at radius 1 is 1.09 bits per heavy atom. The molecule has 8 atom stereocenters. The van der Waals surface area contributed by atoms with Gasteiger partial charge in [0.2, 0.25) is 11.8 Å². The van der Waals surface area contributed by atoms with Crippen LogP contribution in [0.1, 0.15) is 74.1 Å². The number of carbonyl (C=O) groups is 3. The highest BCUT2D eigenvalue weighted by Gasteiger charge is 2.50. The molecule has 0 radical (unpaired) electrons. The van der Waals surface area contributed by atoms with Crippen molar-refractivity contribution in [3.8, 4) is 0 Å². The predicted molar refractivity (Wildman–Crippen MR) is 181 cm³/mol.